The van der Waals surface area contributed by atoms with Crippen molar-refractivity contribution in [3.05, 3.63) is 0 Å². The van der Waals surface area contributed by atoms with Gasteiger partial charge in [0.2, 0.25) is 16.1 Å². The average molecular weight is 262 g/mol. The first-order valence-electron chi connectivity index (χ1n) is 5.58. The van der Waals surface area contributed by atoms with Crippen molar-refractivity contribution < 1.29 is 17.9 Å². The lowest BCUT2D eigenvalue weighted by molar-refractivity contribution is 0.186. The Bertz CT molecular complexity index is 389. The van der Waals surface area contributed by atoms with Crippen LogP contribution in [0.5, 0.6) is 0 Å². The van der Waals surface area contributed by atoms with Crippen molar-refractivity contribution in [3.8, 4) is 0 Å². The molecule has 0 aromatic rings. The highest BCUT2D eigenvalue weighted by Gasteiger charge is 2.36. The van der Waals surface area contributed by atoms with Crippen molar-refractivity contribution in [2.45, 2.75) is 25.9 Å². The van der Waals surface area contributed by atoms with Crippen molar-refractivity contribution in [2.24, 2.45) is 10.9 Å². The second kappa shape index (κ2) is 6.26. The van der Waals surface area contributed by atoms with E-state index in [1.807, 2.05) is 6.92 Å². The van der Waals surface area contributed by atoms with Gasteiger partial charge in [-0.3, -0.25) is 0 Å². The minimum Gasteiger partial charge on any atom is -0.384 e. The Balaban J connectivity index is 2.88. The number of piperidine rings is 1. The summed E-state index contributed by atoms with van der Waals surface area (Å²) in [6.45, 7) is 2.44. The van der Waals surface area contributed by atoms with Crippen LogP contribution in [0.4, 0.5) is 0 Å². The minimum absolute atomic E-state index is 0.0440. The molecule has 6 nitrogen and oxygen atoms in total. The first kappa shape index (κ1) is 14.3. The molecule has 17 heavy (non-hydrogen) atoms. The number of hydrogen-bond donors (Lipinski definition) is 0. The fourth-order valence-corrected chi connectivity index (χ4v) is 3.59. The molecule has 0 bridgehead atoms. The van der Waals surface area contributed by atoms with Crippen LogP contribution in [-0.2, 0) is 19.6 Å². The van der Waals surface area contributed by atoms with E-state index >= 15 is 0 Å². The highest BCUT2D eigenvalue weighted by Crippen LogP contribution is 2.26. The van der Waals surface area contributed by atoms with Crippen molar-refractivity contribution in [1.82, 2.24) is 4.31 Å². The number of carbonyl (C=O) groups excluding carboxylic acids is 1. The Labute approximate surface area is 102 Å². The van der Waals surface area contributed by atoms with E-state index in [1.54, 1.807) is 0 Å². The molecule has 2 atom stereocenters. The summed E-state index contributed by atoms with van der Waals surface area (Å²) in [6.07, 6.45) is 2.51. The van der Waals surface area contributed by atoms with Gasteiger partial charge in [-0.05, 0) is 18.8 Å². The second-order valence-corrected chi connectivity index (χ2v) is 6.21. The predicted molar refractivity (Wildman–Crippen MR) is 62.7 cm³/mol. The summed E-state index contributed by atoms with van der Waals surface area (Å²) in [5.74, 6) is -0.0382. The highest BCUT2D eigenvalue weighted by molar-refractivity contribution is 7.89. The van der Waals surface area contributed by atoms with Crippen LogP contribution in [0.2, 0.25) is 0 Å². The summed E-state index contributed by atoms with van der Waals surface area (Å²) in [5, 5.41) is 0. The van der Waals surface area contributed by atoms with Crippen molar-refractivity contribution in [1.29, 1.82) is 0 Å². The third-order valence-electron chi connectivity index (χ3n) is 2.93. The second-order valence-electron chi connectivity index (χ2n) is 4.17. The van der Waals surface area contributed by atoms with Gasteiger partial charge < -0.3 is 4.74 Å². The van der Waals surface area contributed by atoms with Crippen molar-refractivity contribution in [3.63, 3.8) is 0 Å². The van der Waals surface area contributed by atoms with E-state index < -0.39 is 16.2 Å². The molecule has 1 aliphatic heterocycles. The number of methoxy groups -OCH3 is 1. The van der Waals surface area contributed by atoms with Crippen molar-refractivity contribution >= 4 is 16.1 Å². The van der Waals surface area contributed by atoms with Gasteiger partial charge in [0.25, 0.3) is 0 Å². The smallest absolute Gasteiger partial charge is 0.236 e. The first-order chi connectivity index (χ1) is 8.03. The Morgan fingerprint density at radius 3 is 2.82 bits per heavy atom. The maximum Gasteiger partial charge on any atom is 0.236 e. The quantitative estimate of drug-likeness (QED) is 0.529. The molecule has 0 spiro atoms. The van der Waals surface area contributed by atoms with Crippen LogP contribution >= 0.6 is 0 Å². The fraction of sp³-hybridized carbons (Fsp3) is 0.900. The number of ether oxygens (including phenoxy) is 1. The van der Waals surface area contributed by atoms with E-state index in [9.17, 15) is 13.2 Å². The summed E-state index contributed by atoms with van der Waals surface area (Å²) < 4.78 is 30.1. The minimum atomic E-state index is -3.41. The van der Waals surface area contributed by atoms with E-state index in [0.717, 1.165) is 12.8 Å². The van der Waals surface area contributed by atoms with E-state index in [2.05, 4.69) is 4.99 Å². The van der Waals surface area contributed by atoms with Crippen molar-refractivity contribution in [2.75, 3.05) is 26.0 Å². The lowest BCUT2D eigenvalue weighted by Crippen LogP contribution is -2.47. The van der Waals surface area contributed by atoms with Gasteiger partial charge in [-0.15, -0.1) is 0 Å². The summed E-state index contributed by atoms with van der Waals surface area (Å²) in [6, 6.07) is 0. The maximum absolute atomic E-state index is 12.0. The summed E-state index contributed by atoms with van der Waals surface area (Å²) >= 11 is 0. The predicted octanol–water partition coefficient (Wildman–Crippen LogP) is 0.356. The molecule has 1 fully saturated rings. The molecular weight excluding hydrogens is 244 g/mol. The lowest BCUT2D eigenvalue weighted by atomic mass is 9.98. The number of sulfonamides is 1. The maximum atomic E-state index is 12.0. The van der Waals surface area contributed by atoms with Crippen LogP contribution in [0.3, 0.4) is 0 Å². The number of rotatable bonds is 5. The number of isocyanates is 1. The van der Waals surface area contributed by atoms with Crippen LogP contribution in [-0.4, -0.2) is 51.0 Å². The third kappa shape index (κ3) is 3.61. The largest absolute Gasteiger partial charge is 0.384 e. The van der Waals surface area contributed by atoms with Gasteiger partial charge in [-0.2, -0.15) is 9.30 Å². The van der Waals surface area contributed by atoms with E-state index in [0.29, 0.717) is 6.54 Å². The molecule has 0 aromatic heterocycles. The molecule has 1 rings (SSSR count). The number of hydrogen-bond acceptors (Lipinski definition) is 5. The topological polar surface area (TPSA) is 76.0 Å². The van der Waals surface area contributed by atoms with Gasteiger partial charge in [-0.1, -0.05) is 6.92 Å². The summed E-state index contributed by atoms with van der Waals surface area (Å²) in [5.41, 5.74) is 0. The molecule has 7 heteroatoms. The van der Waals surface area contributed by atoms with Crippen LogP contribution in [0, 0.1) is 5.92 Å². The zero-order chi connectivity index (χ0) is 12.9. The van der Waals surface area contributed by atoms with Gasteiger partial charge in [0.1, 0.15) is 6.17 Å². The third-order valence-corrected chi connectivity index (χ3v) is 4.73. The van der Waals surface area contributed by atoms with Gasteiger partial charge in [0, 0.05) is 13.7 Å². The number of aliphatic imine (C=N–C) groups is 1. The van der Waals surface area contributed by atoms with Gasteiger partial charge in [-0.25, -0.2) is 13.2 Å². The molecule has 2 unspecified atom stereocenters. The average Bonchev–Trinajstić information content (AvgIpc) is 2.29. The monoisotopic (exact) mass is 262 g/mol. The SMILES string of the molecule is COCCS(=O)(=O)N1CCCC(C)C1N=C=O. The molecule has 0 radical (unpaired) electrons. The standard InChI is InChI=1S/C10H18N2O4S/c1-9-4-3-5-12(10(9)11-8-13)17(14,15)7-6-16-2/h9-10H,3-7H2,1-2H3. The Kier molecular flexibility index (Phi) is 5.27. The fourth-order valence-electron chi connectivity index (χ4n) is 1.99. The molecule has 1 saturated heterocycles. The molecule has 1 heterocycles. The van der Waals surface area contributed by atoms with E-state index in [4.69, 9.17) is 4.74 Å². The van der Waals surface area contributed by atoms with Gasteiger partial charge in [0.05, 0.1) is 12.4 Å². The molecule has 0 N–H and O–H groups in total. The van der Waals surface area contributed by atoms with E-state index in [1.165, 1.54) is 17.5 Å². The van der Waals surface area contributed by atoms with Crippen LogP contribution in [0.25, 0.3) is 0 Å². The molecule has 0 aliphatic carbocycles. The van der Waals surface area contributed by atoms with Gasteiger partial charge >= 0.3 is 0 Å². The molecule has 0 aromatic carbocycles. The van der Waals surface area contributed by atoms with Crippen LogP contribution < -0.4 is 0 Å². The zero-order valence-electron chi connectivity index (χ0n) is 10.1. The molecular formula is C10H18N2O4S. The highest BCUT2D eigenvalue weighted by atomic mass is 32.2. The Morgan fingerprint density at radius 2 is 2.24 bits per heavy atom. The molecule has 1 aliphatic rings. The summed E-state index contributed by atoms with van der Waals surface area (Å²) in [7, 11) is -1.96. The van der Waals surface area contributed by atoms with Crippen LogP contribution in [0.1, 0.15) is 19.8 Å². The van der Waals surface area contributed by atoms with Gasteiger partial charge in [0.15, 0.2) is 0 Å². The lowest BCUT2D eigenvalue weighted by Gasteiger charge is -2.35. The Hall–Kier alpha value is -0.750. The molecule has 0 saturated carbocycles. The first-order valence-corrected chi connectivity index (χ1v) is 7.19. The van der Waals surface area contributed by atoms with Crippen LogP contribution in [0.15, 0.2) is 4.99 Å². The summed E-state index contributed by atoms with van der Waals surface area (Å²) in [4.78, 5) is 14.0. The number of nitrogens with zero attached hydrogens (tertiary/aromatic N) is 2. The normalized spacial score (nSPS) is 26.5. The molecule has 0 amide bonds. The zero-order valence-corrected chi connectivity index (χ0v) is 10.9. The van der Waals surface area contributed by atoms with E-state index in [-0.39, 0.29) is 18.3 Å². The Morgan fingerprint density at radius 1 is 1.53 bits per heavy atom. The molecule has 98 valence electrons.